The average molecular weight is 146 g/mol. The average Bonchev–Trinajstić information content (AvgIpc) is 1.86. The van der Waals surface area contributed by atoms with Gasteiger partial charge in [0.2, 0.25) is 0 Å². The van der Waals surface area contributed by atoms with E-state index < -0.39 is 13.2 Å². The van der Waals surface area contributed by atoms with Crippen LogP contribution in [0.4, 0.5) is 0 Å². The minimum absolute atomic E-state index is 0.412. The maximum Gasteiger partial charge on any atom is 0.526 e. The predicted molar refractivity (Wildman–Crippen MR) is 34.1 cm³/mol. The van der Waals surface area contributed by atoms with Gasteiger partial charge in [-0.05, 0) is 4.57 Å². The SMILES string of the molecule is CCC(C)(C#N)[P+](=O)O. The molecule has 50 valence electrons. The van der Waals surface area contributed by atoms with Crippen LogP contribution in [0.3, 0.4) is 0 Å². The molecule has 0 spiro atoms. The van der Waals surface area contributed by atoms with Gasteiger partial charge in [-0.2, -0.15) is 10.2 Å². The Morgan fingerprint density at radius 1 is 1.89 bits per heavy atom. The fourth-order valence-corrected chi connectivity index (χ4v) is 0.613. The maximum absolute atomic E-state index is 10.4. The monoisotopic (exact) mass is 146 g/mol. The van der Waals surface area contributed by atoms with Gasteiger partial charge >= 0.3 is 8.03 Å². The molecule has 0 fully saturated rings. The fourth-order valence-electron chi connectivity index (χ4n) is 0.257. The molecule has 0 aliphatic carbocycles. The maximum atomic E-state index is 10.4. The highest BCUT2D eigenvalue weighted by molar-refractivity contribution is 7.40. The van der Waals surface area contributed by atoms with E-state index in [4.69, 9.17) is 10.2 Å². The van der Waals surface area contributed by atoms with Crippen molar-refractivity contribution in [2.24, 2.45) is 0 Å². The Morgan fingerprint density at radius 3 is 2.33 bits per heavy atom. The minimum atomic E-state index is -2.36. The smallest absolute Gasteiger partial charge is 0.193 e. The van der Waals surface area contributed by atoms with Crippen LogP contribution in [0.1, 0.15) is 20.3 Å². The van der Waals surface area contributed by atoms with Gasteiger partial charge in [-0.3, -0.25) is 0 Å². The van der Waals surface area contributed by atoms with Crippen LogP contribution >= 0.6 is 8.03 Å². The lowest BCUT2D eigenvalue weighted by molar-refractivity contribution is 0.474. The van der Waals surface area contributed by atoms with E-state index >= 15 is 0 Å². The molecule has 2 unspecified atom stereocenters. The third-order valence-corrected chi connectivity index (χ3v) is 2.61. The lowest BCUT2D eigenvalue weighted by atomic mass is 10.1. The molecule has 3 nitrogen and oxygen atoms in total. The second kappa shape index (κ2) is 2.91. The first kappa shape index (κ1) is 8.55. The highest BCUT2D eigenvalue weighted by Gasteiger charge is 2.42. The van der Waals surface area contributed by atoms with Gasteiger partial charge in [0, 0.05) is 13.3 Å². The molecule has 9 heavy (non-hydrogen) atoms. The molecule has 0 radical (unpaired) electrons. The van der Waals surface area contributed by atoms with Crippen molar-refractivity contribution in [3.8, 4) is 6.07 Å². The van der Waals surface area contributed by atoms with Crippen LogP contribution in [0, 0.1) is 11.3 Å². The first-order valence-electron chi connectivity index (χ1n) is 2.64. The van der Waals surface area contributed by atoms with Gasteiger partial charge in [0.15, 0.2) is 0 Å². The zero-order chi connectivity index (χ0) is 7.49. The third kappa shape index (κ3) is 1.74. The zero-order valence-corrected chi connectivity index (χ0v) is 6.35. The molecule has 0 saturated heterocycles. The Bertz CT molecular complexity index is 163. The first-order chi connectivity index (χ1) is 4.06. The normalized spacial score (nSPS) is 17.8. The summed E-state index contributed by atoms with van der Waals surface area (Å²) in [6.45, 7) is 3.19. The molecular formula is C5H9NO2P+. The predicted octanol–water partition coefficient (Wildman–Crippen LogP) is 1.41. The van der Waals surface area contributed by atoms with Gasteiger partial charge in [0.05, 0.1) is 0 Å². The fraction of sp³-hybridized carbons (Fsp3) is 0.800. The number of nitrogens with zero attached hydrogens (tertiary/aromatic N) is 1. The Morgan fingerprint density at radius 2 is 2.33 bits per heavy atom. The summed E-state index contributed by atoms with van der Waals surface area (Å²) in [7, 11) is -2.36. The highest BCUT2D eigenvalue weighted by atomic mass is 31.1. The number of nitriles is 1. The van der Waals surface area contributed by atoms with Gasteiger partial charge < -0.3 is 0 Å². The summed E-state index contributed by atoms with van der Waals surface area (Å²) in [5.74, 6) is 0. The number of rotatable bonds is 2. The lowest BCUT2D eigenvalue weighted by Crippen LogP contribution is -2.14. The van der Waals surface area contributed by atoms with Gasteiger partial charge in [-0.25, -0.2) is 0 Å². The molecule has 1 N–H and O–H groups in total. The molecule has 0 amide bonds. The second-order valence-electron chi connectivity index (χ2n) is 2.01. The molecule has 0 heterocycles. The van der Waals surface area contributed by atoms with Crippen molar-refractivity contribution in [3.63, 3.8) is 0 Å². The Kier molecular flexibility index (Phi) is 2.76. The Balaban J connectivity index is 4.33. The molecule has 0 aromatic heterocycles. The topological polar surface area (TPSA) is 61.1 Å². The van der Waals surface area contributed by atoms with E-state index in [1.165, 1.54) is 6.92 Å². The van der Waals surface area contributed by atoms with Crippen LogP contribution in [0.25, 0.3) is 0 Å². The van der Waals surface area contributed by atoms with Crippen LogP contribution in [-0.4, -0.2) is 10.0 Å². The number of hydrogen-bond acceptors (Lipinski definition) is 2. The summed E-state index contributed by atoms with van der Waals surface area (Å²) in [6, 6.07) is 1.79. The quantitative estimate of drug-likeness (QED) is 0.599. The van der Waals surface area contributed by atoms with Crippen LogP contribution < -0.4 is 0 Å². The van der Waals surface area contributed by atoms with Crippen molar-refractivity contribution in [3.05, 3.63) is 0 Å². The number of hydrogen-bond donors (Lipinski definition) is 1. The van der Waals surface area contributed by atoms with E-state index in [1.54, 1.807) is 13.0 Å². The van der Waals surface area contributed by atoms with Gasteiger partial charge in [0.1, 0.15) is 6.07 Å². The molecule has 0 rings (SSSR count). The molecule has 0 aromatic carbocycles. The lowest BCUT2D eigenvalue weighted by Gasteiger charge is -1.99. The van der Waals surface area contributed by atoms with Gasteiger partial charge in [-0.15, -0.1) is 0 Å². The van der Waals surface area contributed by atoms with E-state index in [0.717, 1.165) is 0 Å². The minimum Gasteiger partial charge on any atom is -0.193 e. The van der Waals surface area contributed by atoms with Crippen molar-refractivity contribution >= 4 is 8.03 Å². The third-order valence-electron chi connectivity index (χ3n) is 1.35. The highest BCUT2D eigenvalue weighted by Crippen LogP contribution is 2.36. The van der Waals surface area contributed by atoms with E-state index in [2.05, 4.69) is 0 Å². The summed E-state index contributed by atoms with van der Waals surface area (Å²) in [6.07, 6.45) is 0.412. The van der Waals surface area contributed by atoms with Crippen molar-refractivity contribution < 1.29 is 9.46 Å². The largest absolute Gasteiger partial charge is 0.526 e. The van der Waals surface area contributed by atoms with E-state index in [-0.39, 0.29) is 0 Å². The second-order valence-corrected chi connectivity index (χ2v) is 3.55. The molecule has 0 aliphatic heterocycles. The van der Waals surface area contributed by atoms with E-state index in [9.17, 15) is 4.57 Å². The summed E-state index contributed by atoms with van der Waals surface area (Å²) in [5, 5.41) is 7.32. The molecule has 0 bridgehead atoms. The van der Waals surface area contributed by atoms with Gasteiger partial charge in [-0.1, -0.05) is 6.92 Å². The van der Waals surface area contributed by atoms with Crippen molar-refractivity contribution in [2.45, 2.75) is 25.4 Å². The first-order valence-corrected chi connectivity index (χ1v) is 3.85. The molecule has 0 aliphatic rings. The molecule has 0 aromatic rings. The molecule has 0 saturated carbocycles. The van der Waals surface area contributed by atoms with Crippen LogP contribution in [0.5, 0.6) is 0 Å². The van der Waals surface area contributed by atoms with Crippen molar-refractivity contribution in [1.29, 1.82) is 5.26 Å². The van der Waals surface area contributed by atoms with Crippen molar-refractivity contribution in [1.82, 2.24) is 0 Å². The molecule has 4 heteroatoms. The Labute approximate surface area is 55.2 Å². The molecular weight excluding hydrogens is 137 g/mol. The standard InChI is InChI=1S/C5H8NO2P/c1-3-5(2,4-6)9(7)8/h3H2,1-2H3/p+1. The van der Waals surface area contributed by atoms with E-state index in [1.807, 2.05) is 0 Å². The van der Waals surface area contributed by atoms with Gasteiger partial charge in [0.25, 0.3) is 5.16 Å². The summed E-state index contributed by atoms with van der Waals surface area (Å²) in [4.78, 5) is 8.56. The molecule has 2 atom stereocenters. The van der Waals surface area contributed by atoms with Crippen LogP contribution in [0.15, 0.2) is 0 Å². The van der Waals surface area contributed by atoms with Crippen molar-refractivity contribution in [2.75, 3.05) is 0 Å². The van der Waals surface area contributed by atoms with Crippen LogP contribution in [-0.2, 0) is 4.57 Å². The van der Waals surface area contributed by atoms with E-state index in [0.29, 0.717) is 6.42 Å². The summed E-state index contributed by atoms with van der Waals surface area (Å²) >= 11 is 0. The van der Waals surface area contributed by atoms with Crippen LogP contribution in [0.2, 0.25) is 0 Å². The zero-order valence-electron chi connectivity index (χ0n) is 5.46. The summed E-state index contributed by atoms with van der Waals surface area (Å²) in [5.41, 5.74) is 0. The Hall–Kier alpha value is -0.450. The summed E-state index contributed by atoms with van der Waals surface area (Å²) < 4.78 is 10.4.